The fourth-order valence-corrected chi connectivity index (χ4v) is 3.07. The number of hydrogen-bond donors (Lipinski definition) is 2. The van der Waals surface area contributed by atoms with Crippen molar-refractivity contribution in [2.24, 2.45) is 0 Å². The van der Waals surface area contributed by atoms with Crippen molar-refractivity contribution in [3.63, 3.8) is 0 Å². The van der Waals surface area contributed by atoms with Gasteiger partial charge in [-0.1, -0.05) is 29.8 Å². The molecule has 0 bridgehead atoms. The second kappa shape index (κ2) is 9.60. The third-order valence-electron chi connectivity index (χ3n) is 4.57. The normalized spacial score (nSPS) is 10.2. The van der Waals surface area contributed by atoms with Gasteiger partial charge in [-0.15, -0.1) is 0 Å². The molecule has 0 aliphatic carbocycles. The lowest BCUT2D eigenvalue weighted by Crippen LogP contribution is -2.16. The Morgan fingerprint density at radius 3 is 2.23 bits per heavy atom. The summed E-state index contributed by atoms with van der Waals surface area (Å²) in [6.45, 7) is 1.97. The topological polar surface area (TPSA) is 76.7 Å². The van der Waals surface area contributed by atoms with Crippen LogP contribution in [0.5, 0.6) is 11.5 Å². The van der Waals surface area contributed by atoms with Crippen LogP contribution in [-0.2, 0) is 11.2 Å². The maximum Gasteiger partial charge on any atom is 0.255 e. The third-order valence-corrected chi connectivity index (χ3v) is 4.57. The molecule has 2 amide bonds. The first-order valence-corrected chi connectivity index (χ1v) is 9.48. The standard InChI is InChI=1S/C24H24N2O4/c1-16-8-13-21(29-2)18(14-16)15-23(27)25-19-11-9-17(10-12-19)24(28)26-20-6-4-5-7-22(20)30-3/h4-14H,15H2,1-3H3,(H,25,27)(H,26,28). The van der Waals surface area contributed by atoms with Crippen molar-refractivity contribution in [1.82, 2.24) is 0 Å². The van der Waals surface area contributed by atoms with Crippen LogP contribution in [0.25, 0.3) is 0 Å². The lowest BCUT2D eigenvalue weighted by atomic mass is 10.1. The Bertz CT molecular complexity index is 1050. The molecule has 6 nitrogen and oxygen atoms in total. The van der Waals surface area contributed by atoms with Gasteiger partial charge in [0, 0.05) is 16.8 Å². The molecule has 3 aromatic carbocycles. The highest BCUT2D eigenvalue weighted by Crippen LogP contribution is 2.24. The maximum absolute atomic E-state index is 12.5. The largest absolute Gasteiger partial charge is 0.496 e. The lowest BCUT2D eigenvalue weighted by molar-refractivity contribution is -0.115. The summed E-state index contributed by atoms with van der Waals surface area (Å²) < 4.78 is 10.6. The molecule has 2 N–H and O–H groups in total. The third kappa shape index (κ3) is 5.17. The summed E-state index contributed by atoms with van der Waals surface area (Å²) in [6.07, 6.45) is 0.195. The molecule has 3 rings (SSSR count). The Kier molecular flexibility index (Phi) is 6.70. The zero-order valence-corrected chi connectivity index (χ0v) is 17.2. The van der Waals surface area contributed by atoms with Gasteiger partial charge in [-0.05, 0) is 49.4 Å². The zero-order valence-electron chi connectivity index (χ0n) is 17.2. The second-order valence-electron chi connectivity index (χ2n) is 6.77. The van der Waals surface area contributed by atoms with Crippen LogP contribution < -0.4 is 20.1 Å². The number of carbonyl (C=O) groups is 2. The number of carbonyl (C=O) groups excluding carboxylic acids is 2. The molecule has 6 heteroatoms. The highest BCUT2D eigenvalue weighted by Gasteiger charge is 2.12. The maximum atomic E-state index is 12.5. The minimum Gasteiger partial charge on any atom is -0.496 e. The van der Waals surface area contributed by atoms with Gasteiger partial charge in [-0.25, -0.2) is 0 Å². The first kappa shape index (κ1) is 20.9. The summed E-state index contributed by atoms with van der Waals surface area (Å²) in [7, 11) is 3.13. The zero-order chi connectivity index (χ0) is 21.5. The predicted octanol–water partition coefficient (Wildman–Crippen LogP) is 4.45. The first-order valence-electron chi connectivity index (χ1n) is 9.48. The van der Waals surface area contributed by atoms with E-state index in [4.69, 9.17) is 9.47 Å². The molecule has 0 aliphatic rings. The predicted molar refractivity (Wildman–Crippen MR) is 117 cm³/mol. The first-order chi connectivity index (χ1) is 14.5. The average Bonchev–Trinajstić information content (AvgIpc) is 2.74. The number of anilines is 2. The van der Waals surface area contributed by atoms with Gasteiger partial charge >= 0.3 is 0 Å². The summed E-state index contributed by atoms with van der Waals surface area (Å²) >= 11 is 0. The monoisotopic (exact) mass is 404 g/mol. The van der Waals surface area contributed by atoms with E-state index in [0.29, 0.717) is 28.4 Å². The number of amides is 2. The van der Waals surface area contributed by atoms with Crippen LogP contribution >= 0.6 is 0 Å². The van der Waals surface area contributed by atoms with Crippen molar-refractivity contribution in [1.29, 1.82) is 0 Å². The van der Waals surface area contributed by atoms with Gasteiger partial charge < -0.3 is 20.1 Å². The molecule has 3 aromatic rings. The van der Waals surface area contributed by atoms with Crippen LogP contribution in [0.1, 0.15) is 21.5 Å². The van der Waals surface area contributed by atoms with Crippen molar-refractivity contribution in [2.45, 2.75) is 13.3 Å². The number of rotatable bonds is 7. The van der Waals surface area contributed by atoms with E-state index < -0.39 is 0 Å². The summed E-state index contributed by atoms with van der Waals surface area (Å²) in [4.78, 5) is 24.9. The molecule has 30 heavy (non-hydrogen) atoms. The second-order valence-corrected chi connectivity index (χ2v) is 6.77. The Morgan fingerprint density at radius 2 is 1.53 bits per heavy atom. The van der Waals surface area contributed by atoms with E-state index in [1.807, 2.05) is 37.3 Å². The molecule has 0 saturated carbocycles. The van der Waals surface area contributed by atoms with Gasteiger partial charge in [0.05, 0.1) is 26.3 Å². The van der Waals surface area contributed by atoms with Gasteiger partial charge in [0.25, 0.3) is 5.91 Å². The van der Waals surface area contributed by atoms with Crippen molar-refractivity contribution >= 4 is 23.2 Å². The van der Waals surface area contributed by atoms with Gasteiger partial charge in [0.15, 0.2) is 0 Å². The Labute approximate surface area is 175 Å². The smallest absolute Gasteiger partial charge is 0.255 e. The van der Waals surface area contributed by atoms with Crippen molar-refractivity contribution in [2.75, 3.05) is 24.9 Å². The van der Waals surface area contributed by atoms with E-state index in [1.165, 1.54) is 0 Å². The molecule has 0 saturated heterocycles. The number of methoxy groups -OCH3 is 2. The molecule has 154 valence electrons. The van der Waals surface area contributed by atoms with Gasteiger partial charge in [0.2, 0.25) is 5.91 Å². The molecule has 0 spiro atoms. The molecule has 0 aliphatic heterocycles. The molecule has 0 heterocycles. The molecule has 0 fully saturated rings. The fraction of sp³-hybridized carbons (Fsp3) is 0.167. The summed E-state index contributed by atoms with van der Waals surface area (Å²) in [5, 5.41) is 5.67. The SMILES string of the molecule is COc1ccc(C)cc1CC(=O)Nc1ccc(C(=O)Nc2ccccc2OC)cc1. The average molecular weight is 404 g/mol. The number of aryl methyl sites for hydroxylation is 1. The van der Waals surface area contributed by atoms with Crippen LogP contribution in [0.2, 0.25) is 0 Å². The van der Waals surface area contributed by atoms with Crippen LogP contribution in [0.3, 0.4) is 0 Å². The van der Waals surface area contributed by atoms with E-state index >= 15 is 0 Å². The van der Waals surface area contributed by atoms with Crippen molar-refractivity contribution in [3.8, 4) is 11.5 Å². The van der Waals surface area contributed by atoms with E-state index in [1.54, 1.807) is 50.6 Å². The Hall–Kier alpha value is -3.80. The molecule has 0 unspecified atom stereocenters. The number of ether oxygens (including phenoxy) is 2. The molecule has 0 aromatic heterocycles. The quantitative estimate of drug-likeness (QED) is 0.610. The van der Waals surface area contributed by atoms with E-state index in [9.17, 15) is 9.59 Å². The number of nitrogens with one attached hydrogen (secondary N) is 2. The van der Waals surface area contributed by atoms with Crippen LogP contribution in [-0.4, -0.2) is 26.0 Å². The van der Waals surface area contributed by atoms with Gasteiger partial charge in [-0.3, -0.25) is 9.59 Å². The van der Waals surface area contributed by atoms with Crippen LogP contribution in [0.4, 0.5) is 11.4 Å². The highest BCUT2D eigenvalue weighted by molar-refractivity contribution is 6.05. The Balaban J connectivity index is 1.63. The summed E-state index contributed by atoms with van der Waals surface area (Å²) in [5.41, 5.74) is 3.56. The molecule has 0 atom stereocenters. The van der Waals surface area contributed by atoms with E-state index in [2.05, 4.69) is 10.6 Å². The van der Waals surface area contributed by atoms with Crippen molar-refractivity contribution in [3.05, 3.63) is 83.4 Å². The lowest BCUT2D eigenvalue weighted by Gasteiger charge is -2.11. The number of hydrogen-bond acceptors (Lipinski definition) is 4. The number of benzene rings is 3. The summed E-state index contributed by atoms with van der Waals surface area (Å²) in [5.74, 6) is 0.840. The highest BCUT2D eigenvalue weighted by atomic mass is 16.5. The molecule has 0 radical (unpaired) electrons. The van der Waals surface area contributed by atoms with E-state index in [0.717, 1.165) is 11.1 Å². The minimum atomic E-state index is -0.262. The Morgan fingerprint density at radius 1 is 0.833 bits per heavy atom. The molecular weight excluding hydrogens is 380 g/mol. The van der Waals surface area contributed by atoms with Gasteiger partial charge in [-0.2, -0.15) is 0 Å². The van der Waals surface area contributed by atoms with Crippen LogP contribution in [0.15, 0.2) is 66.7 Å². The minimum absolute atomic E-state index is 0.162. The molecular formula is C24H24N2O4. The van der Waals surface area contributed by atoms with Crippen molar-refractivity contribution < 1.29 is 19.1 Å². The van der Waals surface area contributed by atoms with E-state index in [-0.39, 0.29) is 18.2 Å². The fourth-order valence-electron chi connectivity index (χ4n) is 3.07. The van der Waals surface area contributed by atoms with Gasteiger partial charge in [0.1, 0.15) is 11.5 Å². The summed E-state index contributed by atoms with van der Waals surface area (Å²) in [6, 6.07) is 19.6. The van der Waals surface area contributed by atoms with Crippen LogP contribution in [0, 0.1) is 6.92 Å². The number of para-hydroxylation sites is 2.